The molecule has 0 aromatic heterocycles. The van der Waals surface area contributed by atoms with Gasteiger partial charge in [-0.2, -0.15) is 8.42 Å². The maximum Gasteiger partial charge on any atom is 0.294 e. The van der Waals surface area contributed by atoms with Gasteiger partial charge in [0.25, 0.3) is 10.1 Å². The molecule has 15 heavy (non-hydrogen) atoms. The van der Waals surface area contributed by atoms with Gasteiger partial charge in [-0.25, -0.2) is 0 Å². The summed E-state index contributed by atoms with van der Waals surface area (Å²) in [4.78, 5) is -0.0644. The highest BCUT2D eigenvalue weighted by atomic mass is 32.2. The standard InChI is InChI=1S/C10H14O3S.H3N/c1-10(2,3)8-4-6-9(7-5-8)14(11,12)13;/h4-7H,1-3H3,(H,11,12,13);1H3. The summed E-state index contributed by atoms with van der Waals surface area (Å²) in [6, 6.07) is 6.25. The molecule has 0 aliphatic heterocycles. The molecule has 0 radical (unpaired) electrons. The van der Waals surface area contributed by atoms with Crippen molar-refractivity contribution in [2.45, 2.75) is 31.1 Å². The third kappa shape index (κ3) is 3.62. The molecule has 0 amide bonds. The highest BCUT2D eigenvalue weighted by Crippen LogP contribution is 2.23. The molecule has 0 atom stereocenters. The fraction of sp³-hybridized carbons (Fsp3) is 0.400. The van der Waals surface area contributed by atoms with Gasteiger partial charge < -0.3 is 6.15 Å². The van der Waals surface area contributed by atoms with Gasteiger partial charge in [-0.3, -0.25) is 4.55 Å². The van der Waals surface area contributed by atoms with Crippen LogP contribution in [-0.2, 0) is 15.5 Å². The van der Waals surface area contributed by atoms with Gasteiger partial charge in [0.2, 0.25) is 0 Å². The second-order valence-electron chi connectivity index (χ2n) is 4.25. The third-order valence-electron chi connectivity index (χ3n) is 2.02. The Hall–Kier alpha value is -0.910. The largest absolute Gasteiger partial charge is 0.344 e. The van der Waals surface area contributed by atoms with E-state index in [1.165, 1.54) is 12.1 Å². The molecule has 0 spiro atoms. The molecule has 86 valence electrons. The van der Waals surface area contributed by atoms with Crippen molar-refractivity contribution in [3.8, 4) is 0 Å². The summed E-state index contributed by atoms with van der Waals surface area (Å²) in [5.74, 6) is 0. The van der Waals surface area contributed by atoms with Crippen LogP contribution in [-0.4, -0.2) is 13.0 Å². The summed E-state index contributed by atoms with van der Waals surface area (Å²) in [5.41, 5.74) is 1.02. The van der Waals surface area contributed by atoms with Crippen molar-refractivity contribution in [1.29, 1.82) is 0 Å². The van der Waals surface area contributed by atoms with E-state index in [1.54, 1.807) is 12.1 Å². The zero-order valence-electron chi connectivity index (χ0n) is 9.19. The van der Waals surface area contributed by atoms with Gasteiger partial charge in [0, 0.05) is 0 Å². The summed E-state index contributed by atoms with van der Waals surface area (Å²) in [6.45, 7) is 6.11. The minimum absolute atomic E-state index is 0. The van der Waals surface area contributed by atoms with Crippen molar-refractivity contribution in [3.63, 3.8) is 0 Å². The van der Waals surface area contributed by atoms with Crippen LogP contribution in [0.3, 0.4) is 0 Å². The molecule has 5 heteroatoms. The predicted molar refractivity (Wildman–Crippen MR) is 60.0 cm³/mol. The molecule has 0 unspecified atom stereocenters. The van der Waals surface area contributed by atoms with Gasteiger partial charge >= 0.3 is 0 Å². The highest BCUT2D eigenvalue weighted by Gasteiger charge is 2.15. The lowest BCUT2D eigenvalue weighted by Crippen LogP contribution is -2.11. The first-order chi connectivity index (χ1) is 6.21. The summed E-state index contributed by atoms with van der Waals surface area (Å²) >= 11 is 0. The summed E-state index contributed by atoms with van der Waals surface area (Å²) in [6.07, 6.45) is 0. The molecule has 0 aliphatic carbocycles. The average molecular weight is 231 g/mol. The first kappa shape index (κ1) is 14.1. The lowest BCUT2D eigenvalue weighted by molar-refractivity contribution is 0.483. The molecule has 0 aliphatic rings. The van der Waals surface area contributed by atoms with Crippen LogP contribution >= 0.6 is 0 Å². The van der Waals surface area contributed by atoms with Crippen molar-refractivity contribution < 1.29 is 13.0 Å². The van der Waals surface area contributed by atoms with Gasteiger partial charge in [-0.05, 0) is 23.1 Å². The molecule has 1 aromatic rings. The Kier molecular flexibility index (Phi) is 4.04. The van der Waals surface area contributed by atoms with Crippen LogP contribution in [0.1, 0.15) is 26.3 Å². The van der Waals surface area contributed by atoms with Gasteiger partial charge in [0.15, 0.2) is 0 Å². The van der Waals surface area contributed by atoms with Crippen molar-refractivity contribution in [2.24, 2.45) is 0 Å². The molecular formula is C10H17NO3S. The Morgan fingerprint density at radius 2 is 1.47 bits per heavy atom. The second kappa shape index (κ2) is 4.30. The topological polar surface area (TPSA) is 89.4 Å². The van der Waals surface area contributed by atoms with Gasteiger partial charge in [-0.15, -0.1) is 0 Å². The molecule has 0 bridgehead atoms. The Labute approximate surface area is 90.7 Å². The minimum Gasteiger partial charge on any atom is -0.344 e. The van der Waals surface area contributed by atoms with E-state index in [0.717, 1.165) is 5.56 Å². The molecule has 0 heterocycles. The SMILES string of the molecule is CC(C)(C)c1ccc(S(=O)(=O)O)cc1.N. The lowest BCUT2D eigenvalue weighted by Gasteiger charge is -2.18. The van der Waals surface area contributed by atoms with E-state index in [-0.39, 0.29) is 16.5 Å². The van der Waals surface area contributed by atoms with Gasteiger partial charge in [0.1, 0.15) is 0 Å². The van der Waals surface area contributed by atoms with E-state index in [4.69, 9.17) is 4.55 Å². The Balaban J connectivity index is 0.00000196. The van der Waals surface area contributed by atoms with E-state index in [0.29, 0.717) is 0 Å². The molecule has 1 rings (SSSR count). The van der Waals surface area contributed by atoms with Crippen LogP contribution in [0.4, 0.5) is 0 Å². The first-order valence-electron chi connectivity index (χ1n) is 4.29. The molecule has 0 saturated heterocycles. The normalized spacial score (nSPS) is 12.0. The van der Waals surface area contributed by atoms with Crippen molar-refractivity contribution >= 4 is 10.1 Å². The van der Waals surface area contributed by atoms with Crippen LogP contribution in [0.5, 0.6) is 0 Å². The number of hydrogen-bond acceptors (Lipinski definition) is 3. The van der Waals surface area contributed by atoms with Crippen LogP contribution in [0.25, 0.3) is 0 Å². The fourth-order valence-electron chi connectivity index (χ4n) is 1.13. The zero-order valence-corrected chi connectivity index (χ0v) is 10.0. The second-order valence-corrected chi connectivity index (χ2v) is 5.67. The minimum atomic E-state index is -4.07. The third-order valence-corrected chi connectivity index (χ3v) is 2.89. The summed E-state index contributed by atoms with van der Waals surface area (Å²) in [5, 5.41) is 0. The van der Waals surface area contributed by atoms with Gasteiger partial charge in [-0.1, -0.05) is 32.9 Å². The van der Waals surface area contributed by atoms with E-state index in [9.17, 15) is 8.42 Å². The maximum absolute atomic E-state index is 10.7. The van der Waals surface area contributed by atoms with Crippen LogP contribution in [0.2, 0.25) is 0 Å². The van der Waals surface area contributed by atoms with Crippen LogP contribution < -0.4 is 6.15 Å². The fourth-order valence-corrected chi connectivity index (χ4v) is 1.61. The van der Waals surface area contributed by atoms with E-state index in [1.807, 2.05) is 20.8 Å². The zero-order chi connectivity index (χ0) is 11.0. The Morgan fingerprint density at radius 3 is 1.73 bits per heavy atom. The van der Waals surface area contributed by atoms with Crippen LogP contribution in [0, 0.1) is 0 Å². The summed E-state index contributed by atoms with van der Waals surface area (Å²) in [7, 11) is -4.07. The first-order valence-corrected chi connectivity index (χ1v) is 5.73. The lowest BCUT2D eigenvalue weighted by atomic mass is 9.87. The summed E-state index contributed by atoms with van der Waals surface area (Å²) < 4.78 is 30.3. The molecule has 1 aromatic carbocycles. The average Bonchev–Trinajstić information content (AvgIpc) is 2.01. The van der Waals surface area contributed by atoms with Crippen LogP contribution in [0.15, 0.2) is 29.2 Å². The molecule has 4 nitrogen and oxygen atoms in total. The Bertz CT molecular complexity index is 415. The molecule has 0 saturated carbocycles. The van der Waals surface area contributed by atoms with Crippen molar-refractivity contribution in [3.05, 3.63) is 29.8 Å². The smallest absolute Gasteiger partial charge is 0.294 e. The molecule has 4 N–H and O–H groups in total. The quantitative estimate of drug-likeness (QED) is 0.726. The van der Waals surface area contributed by atoms with E-state index >= 15 is 0 Å². The maximum atomic E-state index is 10.7. The van der Waals surface area contributed by atoms with E-state index < -0.39 is 10.1 Å². The van der Waals surface area contributed by atoms with E-state index in [2.05, 4.69) is 0 Å². The molecular weight excluding hydrogens is 214 g/mol. The number of benzene rings is 1. The highest BCUT2D eigenvalue weighted by molar-refractivity contribution is 7.85. The molecule has 0 fully saturated rings. The predicted octanol–water partition coefficient (Wildman–Crippen LogP) is 2.39. The van der Waals surface area contributed by atoms with Crippen molar-refractivity contribution in [2.75, 3.05) is 0 Å². The van der Waals surface area contributed by atoms with Gasteiger partial charge in [0.05, 0.1) is 4.90 Å². The monoisotopic (exact) mass is 231 g/mol. The van der Waals surface area contributed by atoms with Crippen molar-refractivity contribution in [1.82, 2.24) is 6.15 Å². The Morgan fingerprint density at radius 1 is 1.07 bits per heavy atom. The number of rotatable bonds is 1. The number of hydrogen-bond donors (Lipinski definition) is 2.